The number of nitro benzene ring substituents is 1. The number of aliphatic hydroxyl groups is 1. The van der Waals surface area contributed by atoms with Gasteiger partial charge in [0.05, 0.1) is 11.0 Å². The van der Waals surface area contributed by atoms with Gasteiger partial charge in [0.1, 0.15) is 11.6 Å². The van der Waals surface area contributed by atoms with E-state index in [0.717, 1.165) is 18.2 Å². The first-order valence-electron chi connectivity index (χ1n) is 5.98. The molecule has 0 saturated carbocycles. The lowest BCUT2D eigenvalue weighted by atomic mass is 10.1. The molecule has 1 N–H and O–H groups in total. The van der Waals surface area contributed by atoms with Crippen LogP contribution in [0.4, 0.5) is 10.1 Å². The van der Waals surface area contributed by atoms with Gasteiger partial charge in [0.25, 0.3) is 0 Å². The summed E-state index contributed by atoms with van der Waals surface area (Å²) in [6, 6.07) is 7.71. The molecular formula is C14H11BrFNO4. The normalized spacial score (nSPS) is 12.0. The van der Waals surface area contributed by atoms with Crippen molar-refractivity contribution < 1.29 is 19.2 Å². The van der Waals surface area contributed by atoms with Crippen molar-refractivity contribution in [3.05, 3.63) is 62.4 Å². The van der Waals surface area contributed by atoms with Crippen LogP contribution in [0.3, 0.4) is 0 Å². The van der Waals surface area contributed by atoms with E-state index in [-0.39, 0.29) is 11.4 Å². The molecule has 0 unspecified atom stereocenters. The van der Waals surface area contributed by atoms with E-state index in [1.807, 2.05) is 0 Å². The van der Waals surface area contributed by atoms with Gasteiger partial charge in [-0.15, -0.1) is 0 Å². The molecule has 0 radical (unpaired) electrons. The van der Waals surface area contributed by atoms with Crippen molar-refractivity contribution in [3.8, 4) is 11.5 Å². The first-order chi connectivity index (χ1) is 9.88. The smallest absolute Gasteiger partial charge is 0.311 e. The molecule has 0 aliphatic carbocycles. The van der Waals surface area contributed by atoms with Crippen LogP contribution in [-0.4, -0.2) is 10.0 Å². The van der Waals surface area contributed by atoms with Crippen LogP contribution in [-0.2, 0) is 0 Å². The molecule has 0 bridgehead atoms. The summed E-state index contributed by atoms with van der Waals surface area (Å²) in [7, 11) is 0. The SMILES string of the molecule is C[C@H](O)c1ccc(Oc2cc(F)ccc2[N+](=O)[O-])cc1Br. The molecule has 0 fully saturated rings. The molecule has 0 aliphatic rings. The van der Waals surface area contributed by atoms with Gasteiger partial charge >= 0.3 is 5.69 Å². The summed E-state index contributed by atoms with van der Waals surface area (Å²) in [6.45, 7) is 1.61. The van der Waals surface area contributed by atoms with Crippen molar-refractivity contribution in [3.63, 3.8) is 0 Å². The Balaban J connectivity index is 2.36. The van der Waals surface area contributed by atoms with E-state index in [1.54, 1.807) is 25.1 Å². The molecule has 1 atom stereocenters. The zero-order valence-electron chi connectivity index (χ0n) is 10.9. The average molecular weight is 356 g/mol. The lowest BCUT2D eigenvalue weighted by Gasteiger charge is -2.11. The third-order valence-electron chi connectivity index (χ3n) is 2.77. The van der Waals surface area contributed by atoms with E-state index in [4.69, 9.17) is 4.74 Å². The molecular weight excluding hydrogens is 345 g/mol. The third kappa shape index (κ3) is 3.56. The van der Waals surface area contributed by atoms with Gasteiger partial charge in [0.15, 0.2) is 0 Å². The van der Waals surface area contributed by atoms with Gasteiger partial charge in [-0.2, -0.15) is 0 Å². The lowest BCUT2D eigenvalue weighted by molar-refractivity contribution is -0.385. The Kier molecular flexibility index (Phi) is 4.54. The highest BCUT2D eigenvalue weighted by molar-refractivity contribution is 9.10. The molecule has 5 nitrogen and oxygen atoms in total. The maximum absolute atomic E-state index is 13.2. The number of hydrogen-bond donors (Lipinski definition) is 1. The number of aliphatic hydroxyl groups excluding tert-OH is 1. The highest BCUT2D eigenvalue weighted by atomic mass is 79.9. The molecule has 0 aliphatic heterocycles. The third-order valence-corrected chi connectivity index (χ3v) is 3.46. The van der Waals surface area contributed by atoms with Gasteiger partial charge in [-0.3, -0.25) is 10.1 Å². The van der Waals surface area contributed by atoms with Gasteiger partial charge in [-0.25, -0.2) is 4.39 Å². The Morgan fingerprint density at radius 3 is 2.62 bits per heavy atom. The number of halogens is 2. The Hall–Kier alpha value is -1.99. The van der Waals surface area contributed by atoms with Crippen molar-refractivity contribution in [2.24, 2.45) is 0 Å². The standard InChI is InChI=1S/C14H11BrFNO4/c1-8(18)11-4-3-10(7-12(11)15)21-14-6-9(16)2-5-13(14)17(19)20/h2-8,18H,1H3/t8-/m0/s1. The molecule has 110 valence electrons. The molecule has 0 amide bonds. The molecule has 2 aromatic rings. The van der Waals surface area contributed by atoms with E-state index < -0.39 is 16.8 Å². The molecule has 0 heterocycles. The fourth-order valence-corrected chi connectivity index (χ4v) is 2.45. The Bertz CT molecular complexity index is 691. The number of ether oxygens (including phenoxy) is 1. The fraction of sp³-hybridized carbons (Fsp3) is 0.143. The predicted octanol–water partition coefficient (Wildman–Crippen LogP) is 4.34. The summed E-state index contributed by atoms with van der Waals surface area (Å²) in [6.07, 6.45) is -0.670. The van der Waals surface area contributed by atoms with Crippen molar-refractivity contribution in [2.45, 2.75) is 13.0 Å². The van der Waals surface area contributed by atoms with Gasteiger partial charge in [-0.1, -0.05) is 22.0 Å². The Labute approximate surface area is 128 Å². The minimum atomic E-state index is -0.670. The largest absolute Gasteiger partial charge is 0.450 e. The van der Waals surface area contributed by atoms with Crippen molar-refractivity contribution in [1.29, 1.82) is 0 Å². The van der Waals surface area contributed by atoms with Gasteiger partial charge in [0, 0.05) is 16.6 Å². The van der Waals surface area contributed by atoms with Crippen LogP contribution < -0.4 is 4.74 Å². The van der Waals surface area contributed by atoms with Crippen LogP contribution in [0.5, 0.6) is 11.5 Å². The summed E-state index contributed by atoms with van der Waals surface area (Å²) in [5.41, 5.74) is 0.322. The minimum absolute atomic E-state index is 0.184. The summed E-state index contributed by atoms with van der Waals surface area (Å²) in [4.78, 5) is 10.2. The number of nitro groups is 1. The van der Waals surface area contributed by atoms with E-state index in [2.05, 4.69) is 15.9 Å². The van der Waals surface area contributed by atoms with E-state index in [0.29, 0.717) is 15.8 Å². The maximum Gasteiger partial charge on any atom is 0.311 e. The second kappa shape index (κ2) is 6.19. The molecule has 21 heavy (non-hydrogen) atoms. The summed E-state index contributed by atoms with van der Waals surface area (Å²) in [5.74, 6) is -0.521. The van der Waals surface area contributed by atoms with Crippen molar-refractivity contribution in [2.75, 3.05) is 0 Å². The number of nitrogens with zero attached hydrogens (tertiary/aromatic N) is 1. The zero-order chi connectivity index (χ0) is 15.6. The van der Waals surface area contributed by atoms with Crippen LogP contribution in [0.25, 0.3) is 0 Å². The highest BCUT2D eigenvalue weighted by Crippen LogP contribution is 2.34. The molecule has 7 heteroatoms. The zero-order valence-corrected chi connectivity index (χ0v) is 12.5. The van der Waals surface area contributed by atoms with Gasteiger partial charge < -0.3 is 9.84 Å². The highest BCUT2D eigenvalue weighted by Gasteiger charge is 2.17. The van der Waals surface area contributed by atoms with Crippen LogP contribution in [0.15, 0.2) is 40.9 Å². The van der Waals surface area contributed by atoms with Gasteiger partial charge in [0.2, 0.25) is 5.75 Å². The first-order valence-corrected chi connectivity index (χ1v) is 6.77. The Morgan fingerprint density at radius 2 is 2.05 bits per heavy atom. The van der Waals surface area contributed by atoms with Crippen LogP contribution in [0, 0.1) is 15.9 Å². The van der Waals surface area contributed by atoms with Crippen molar-refractivity contribution >= 4 is 21.6 Å². The molecule has 2 rings (SSSR count). The molecule has 0 saturated heterocycles. The minimum Gasteiger partial charge on any atom is -0.450 e. The van der Waals surface area contributed by atoms with E-state index in [1.165, 1.54) is 0 Å². The van der Waals surface area contributed by atoms with E-state index >= 15 is 0 Å². The van der Waals surface area contributed by atoms with Crippen LogP contribution in [0.2, 0.25) is 0 Å². The second-order valence-corrected chi connectivity index (χ2v) is 5.18. The lowest BCUT2D eigenvalue weighted by Crippen LogP contribution is -1.96. The predicted molar refractivity (Wildman–Crippen MR) is 77.9 cm³/mol. The number of benzene rings is 2. The summed E-state index contributed by atoms with van der Waals surface area (Å²) >= 11 is 3.28. The number of hydrogen-bond acceptors (Lipinski definition) is 4. The first kappa shape index (κ1) is 15.4. The van der Waals surface area contributed by atoms with Crippen molar-refractivity contribution in [1.82, 2.24) is 0 Å². The quantitative estimate of drug-likeness (QED) is 0.653. The van der Waals surface area contributed by atoms with Crippen LogP contribution >= 0.6 is 15.9 Å². The fourth-order valence-electron chi connectivity index (χ4n) is 1.76. The maximum atomic E-state index is 13.2. The van der Waals surface area contributed by atoms with Crippen LogP contribution in [0.1, 0.15) is 18.6 Å². The monoisotopic (exact) mass is 355 g/mol. The molecule has 0 spiro atoms. The average Bonchev–Trinajstić information content (AvgIpc) is 2.37. The Morgan fingerprint density at radius 1 is 1.33 bits per heavy atom. The topological polar surface area (TPSA) is 72.6 Å². The molecule has 2 aromatic carbocycles. The summed E-state index contributed by atoms with van der Waals surface area (Å²) in [5, 5.41) is 20.4. The second-order valence-electron chi connectivity index (χ2n) is 4.33. The van der Waals surface area contributed by atoms with Gasteiger partial charge in [-0.05, 0) is 30.7 Å². The summed E-state index contributed by atoms with van der Waals surface area (Å²) < 4.78 is 19.2. The van der Waals surface area contributed by atoms with E-state index in [9.17, 15) is 19.6 Å². The number of rotatable bonds is 4. The molecule has 0 aromatic heterocycles.